The number of benzene rings is 1. The van der Waals surface area contributed by atoms with E-state index in [1.54, 1.807) is 0 Å². The summed E-state index contributed by atoms with van der Waals surface area (Å²) in [7, 11) is 0. The summed E-state index contributed by atoms with van der Waals surface area (Å²) in [6.07, 6.45) is 0.334. The van der Waals surface area contributed by atoms with Gasteiger partial charge in [0.25, 0.3) is 0 Å². The average molecular weight is 276 g/mol. The number of aliphatic hydroxyl groups excluding tert-OH is 1. The molecule has 1 aliphatic rings. The maximum atomic E-state index is 9.79. The van der Waals surface area contributed by atoms with E-state index in [-0.39, 0.29) is 12.1 Å². The quantitative estimate of drug-likeness (QED) is 0.491. The third-order valence-corrected chi connectivity index (χ3v) is 3.62. The molecule has 4 atom stereocenters. The number of azide groups is 1. The molecule has 1 aromatic carbocycles. The number of nitrogens with one attached hydrogen (secondary N) is 1. The van der Waals surface area contributed by atoms with Crippen LogP contribution in [0.25, 0.3) is 10.4 Å². The van der Waals surface area contributed by atoms with Gasteiger partial charge in [0.1, 0.15) is 0 Å². The summed E-state index contributed by atoms with van der Waals surface area (Å²) in [4.78, 5) is 2.73. The largest absolute Gasteiger partial charge is 0.368 e. The van der Waals surface area contributed by atoms with Crippen molar-refractivity contribution in [3.63, 3.8) is 0 Å². The van der Waals surface area contributed by atoms with Gasteiger partial charge >= 0.3 is 0 Å². The second-order valence-corrected chi connectivity index (χ2v) is 5.07. The Balaban J connectivity index is 1.82. The number of hydrogen-bond acceptors (Lipinski definition) is 4. The molecular weight excluding hydrogens is 256 g/mol. The first kappa shape index (κ1) is 14.8. The van der Waals surface area contributed by atoms with Gasteiger partial charge in [0.15, 0.2) is 6.29 Å². The first-order chi connectivity index (χ1) is 9.70. The molecule has 2 rings (SSSR count). The Hall–Kier alpha value is -1.59. The van der Waals surface area contributed by atoms with E-state index < -0.39 is 12.3 Å². The summed E-state index contributed by atoms with van der Waals surface area (Å²) in [5.74, 6) is 0. The van der Waals surface area contributed by atoms with E-state index in [0.717, 1.165) is 13.0 Å². The van der Waals surface area contributed by atoms with Crippen LogP contribution in [0.4, 0.5) is 0 Å². The van der Waals surface area contributed by atoms with Gasteiger partial charge in [0.2, 0.25) is 0 Å². The fraction of sp³-hybridized carbons (Fsp3) is 0.571. The summed E-state index contributed by atoms with van der Waals surface area (Å²) in [6.45, 7) is 2.80. The van der Waals surface area contributed by atoms with Crippen LogP contribution < -0.4 is 5.32 Å². The van der Waals surface area contributed by atoms with Crippen molar-refractivity contribution in [2.45, 2.75) is 50.8 Å². The van der Waals surface area contributed by atoms with Crippen LogP contribution in [-0.2, 0) is 11.3 Å². The molecule has 0 amide bonds. The van der Waals surface area contributed by atoms with Crippen molar-refractivity contribution in [2.75, 3.05) is 0 Å². The number of aliphatic hydroxyl groups is 1. The summed E-state index contributed by atoms with van der Waals surface area (Å²) >= 11 is 0. The van der Waals surface area contributed by atoms with Gasteiger partial charge in [-0.15, -0.1) is 0 Å². The van der Waals surface area contributed by atoms with Crippen molar-refractivity contribution < 1.29 is 9.84 Å². The smallest absolute Gasteiger partial charge is 0.163 e. The van der Waals surface area contributed by atoms with Crippen molar-refractivity contribution in [2.24, 2.45) is 5.11 Å². The number of ether oxygens (including phenoxy) is 1. The minimum Gasteiger partial charge on any atom is -0.368 e. The summed E-state index contributed by atoms with van der Waals surface area (Å²) < 4.78 is 5.53. The van der Waals surface area contributed by atoms with E-state index in [2.05, 4.69) is 27.5 Å². The molecule has 1 heterocycles. The zero-order valence-corrected chi connectivity index (χ0v) is 11.5. The number of nitrogens with zero attached hydrogens (tertiary/aromatic N) is 3. The molecule has 108 valence electrons. The topological polar surface area (TPSA) is 90.3 Å². The fourth-order valence-electron chi connectivity index (χ4n) is 2.37. The highest BCUT2D eigenvalue weighted by Gasteiger charge is 2.31. The number of rotatable bonds is 5. The second-order valence-electron chi connectivity index (χ2n) is 5.07. The molecule has 6 heteroatoms. The van der Waals surface area contributed by atoms with Crippen LogP contribution in [0, 0.1) is 0 Å². The Morgan fingerprint density at radius 2 is 2.20 bits per heavy atom. The molecule has 1 saturated heterocycles. The molecule has 6 nitrogen and oxygen atoms in total. The van der Waals surface area contributed by atoms with Gasteiger partial charge in [-0.3, -0.25) is 0 Å². The van der Waals surface area contributed by atoms with Crippen LogP contribution in [-0.4, -0.2) is 29.6 Å². The van der Waals surface area contributed by atoms with Crippen LogP contribution in [0.3, 0.4) is 0 Å². The van der Waals surface area contributed by atoms with Crippen molar-refractivity contribution >= 4 is 0 Å². The van der Waals surface area contributed by atoms with Crippen LogP contribution in [0.1, 0.15) is 25.3 Å². The molecule has 0 radical (unpaired) electrons. The Morgan fingerprint density at radius 3 is 2.85 bits per heavy atom. The first-order valence-electron chi connectivity index (χ1n) is 6.85. The zero-order chi connectivity index (χ0) is 14.4. The molecule has 1 aromatic rings. The molecule has 0 spiro atoms. The van der Waals surface area contributed by atoms with Gasteiger partial charge in [0, 0.05) is 17.5 Å². The van der Waals surface area contributed by atoms with Gasteiger partial charge in [-0.05, 0) is 30.9 Å². The molecule has 0 aromatic heterocycles. The maximum absolute atomic E-state index is 9.79. The van der Waals surface area contributed by atoms with E-state index in [4.69, 9.17) is 10.3 Å². The van der Waals surface area contributed by atoms with Gasteiger partial charge in [0.05, 0.1) is 12.1 Å². The molecule has 1 aliphatic heterocycles. The SMILES string of the molecule is C[C@H](NCc1ccccc1)[C@@H]1CC[C@@H](N=[N+]=[N-])C(O)O1. The normalized spacial score (nSPS) is 27.6. The van der Waals surface area contributed by atoms with E-state index in [1.165, 1.54) is 5.56 Å². The second kappa shape index (κ2) is 7.26. The fourth-order valence-corrected chi connectivity index (χ4v) is 2.37. The minimum absolute atomic E-state index is 0.0705. The van der Waals surface area contributed by atoms with Crippen molar-refractivity contribution in [3.8, 4) is 0 Å². The van der Waals surface area contributed by atoms with Gasteiger partial charge in [-0.1, -0.05) is 35.4 Å². The third kappa shape index (κ3) is 3.95. The molecule has 1 unspecified atom stereocenters. The lowest BCUT2D eigenvalue weighted by atomic mass is 9.99. The predicted molar refractivity (Wildman–Crippen MR) is 75.8 cm³/mol. The summed E-state index contributed by atoms with van der Waals surface area (Å²) in [5.41, 5.74) is 9.61. The monoisotopic (exact) mass is 276 g/mol. The highest BCUT2D eigenvalue weighted by molar-refractivity contribution is 5.14. The standard InChI is InChI=1S/C14H20N4O2/c1-10(16-9-11-5-3-2-4-6-11)13-8-7-12(17-18-15)14(19)20-13/h2-6,10,12-14,16,19H,7-9H2,1H3/t10-,12+,13-,14?/m0/s1. The van der Waals surface area contributed by atoms with E-state index in [1.807, 2.05) is 25.1 Å². The lowest BCUT2D eigenvalue weighted by molar-refractivity contribution is -0.178. The van der Waals surface area contributed by atoms with Crippen LogP contribution in [0.15, 0.2) is 35.4 Å². The highest BCUT2D eigenvalue weighted by atomic mass is 16.6. The predicted octanol–water partition coefficient (Wildman–Crippen LogP) is 2.34. The molecule has 2 N–H and O–H groups in total. The molecular formula is C14H20N4O2. The molecule has 0 aliphatic carbocycles. The maximum Gasteiger partial charge on any atom is 0.163 e. The van der Waals surface area contributed by atoms with E-state index >= 15 is 0 Å². The lowest BCUT2D eigenvalue weighted by Crippen LogP contribution is -2.46. The van der Waals surface area contributed by atoms with Gasteiger partial charge in [-0.25, -0.2) is 0 Å². The Kier molecular flexibility index (Phi) is 5.38. The van der Waals surface area contributed by atoms with Crippen LogP contribution >= 0.6 is 0 Å². The Bertz CT molecular complexity index is 462. The molecule has 0 saturated carbocycles. The van der Waals surface area contributed by atoms with Crippen LogP contribution in [0.2, 0.25) is 0 Å². The molecule has 1 fully saturated rings. The summed E-state index contributed by atoms with van der Waals surface area (Å²) in [5, 5.41) is 16.7. The van der Waals surface area contributed by atoms with Gasteiger partial charge < -0.3 is 15.2 Å². The lowest BCUT2D eigenvalue weighted by Gasteiger charge is -2.34. The average Bonchev–Trinajstić information content (AvgIpc) is 2.48. The first-order valence-corrected chi connectivity index (χ1v) is 6.85. The molecule has 0 bridgehead atoms. The minimum atomic E-state index is -1.01. The Morgan fingerprint density at radius 1 is 1.45 bits per heavy atom. The van der Waals surface area contributed by atoms with Crippen molar-refractivity contribution in [1.82, 2.24) is 5.32 Å². The van der Waals surface area contributed by atoms with E-state index in [9.17, 15) is 5.11 Å². The number of hydrogen-bond donors (Lipinski definition) is 2. The third-order valence-electron chi connectivity index (χ3n) is 3.62. The van der Waals surface area contributed by atoms with Gasteiger partial charge in [-0.2, -0.15) is 0 Å². The molecule has 20 heavy (non-hydrogen) atoms. The van der Waals surface area contributed by atoms with E-state index in [0.29, 0.717) is 6.42 Å². The zero-order valence-electron chi connectivity index (χ0n) is 11.5. The van der Waals surface area contributed by atoms with Crippen molar-refractivity contribution in [3.05, 3.63) is 46.3 Å². The summed E-state index contributed by atoms with van der Waals surface area (Å²) in [6, 6.07) is 9.78. The Labute approximate surface area is 118 Å². The van der Waals surface area contributed by atoms with Crippen LogP contribution in [0.5, 0.6) is 0 Å². The van der Waals surface area contributed by atoms with Crippen molar-refractivity contribution in [1.29, 1.82) is 0 Å². The highest BCUT2D eigenvalue weighted by Crippen LogP contribution is 2.23.